The molecule has 6 nitrogen and oxygen atoms in total. The van der Waals surface area contributed by atoms with Crippen LogP contribution in [0.4, 0.5) is 5.82 Å². The van der Waals surface area contributed by atoms with Gasteiger partial charge in [0.2, 0.25) is 17.7 Å². The summed E-state index contributed by atoms with van der Waals surface area (Å²) in [5, 5.41) is 2.73. The Balaban J connectivity index is 1.49. The Morgan fingerprint density at radius 3 is 2.50 bits per heavy atom. The molecule has 0 aromatic carbocycles. The molecule has 126 valence electrons. The van der Waals surface area contributed by atoms with E-state index in [0.29, 0.717) is 31.6 Å². The number of rotatable bonds is 5. The van der Waals surface area contributed by atoms with Crippen LogP contribution in [0.3, 0.4) is 0 Å². The lowest BCUT2D eigenvalue weighted by Crippen LogP contribution is -2.32. The molecular weight excluding hydrogens is 306 g/mol. The van der Waals surface area contributed by atoms with Crippen molar-refractivity contribution in [1.29, 1.82) is 0 Å². The summed E-state index contributed by atoms with van der Waals surface area (Å²) in [5.41, 5.74) is 0.831. The van der Waals surface area contributed by atoms with E-state index >= 15 is 0 Å². The monoisotopic (exact) mass is 327 g/mol. The first-order valence-corrected chi connectivity index (χ1v) is 8.30. The van der Waals surface area contributed by atoms with Gasteiger partial charge in [0.25, 0.3) is 0 Å². The van der Waals surface area contributed by atoms with Gasteiger partial charge in [-0.05, 0) is 38.3 Å². The summed E-state index contributed by atoms with van der Waals surface area (Å²) in [7, 11) is 0. The van der Waals surface area contributed by atoms with E-state index in [9.17, 15) is 14.4 Å². The molecule has 1 N–H and O–H groups in total. The first-order valence-electron chi connectivity index (χ1n) is 8.30. The van der Waals surface area contributed by atoms with Crippen molar-refractivity contribution in [2.45, 2.75) is 32.6 Å². The van der Waals surface area contributed by atoms with E-state index in [1.54, 1.807) is 6.07 Å². The zero-order valence-corrected chi connectivity index (χ0v) is 13.7. The number of anilines is 1. The zero-order valence-electron chi connectivity index (χ0n) is 13.7. The predicted molar refractivity (Wildman–Crippen MR) is 88.9 cm³/mol. The molecule has 2 aliphatic rings. The minimum atomic E-state index is -0.201. The first-order chi connectivity index (χ1) is 11.6. The second-order valence-corrected chi connectivity index (χ2v) is 6.30. The van der Waals surface area contributed by atoms with Crippen LogP contribution >= 0.6 is 0 Å². The molecule has 1 aliphatic carbocycles. The fourth-order valence-electron chi connectivity index (χ4n) is 3.31. The summed E-state index contributed by atoms with van der Waals surface area (Å²) in [5.74, 6) is -0.220. The summed E-state index contributed by atoms with van der Waals surface area (Å²) in [6.45, 7) is 2.16. The number of likely N-dealkylation sites (tertiary alicyclic amines) is 1. The number of nitrogens with zero attached hydrogens (tertiary/aromatic N) is 2. The highest BCUT2D eigenvalue weighted by Crippen LogP contribution is 2.35. The third-order valence-corrected chi connectivity index (χ3v) is 4.54. The van der Waals surface area contributed by atoms with E-state index in [2.05, 4.69) is 10.3 Å². The van der Waals surface area contributed by atoms with Gasteiger partial charge < -0.3 is 5.32 Å². The van der Waals surface area contributed by atoms with Crippen LogP contribution in [0.5, 0.6) is 0 Å². The quantitative estimate of drug-likeness (QED) is 0.663. The first kappa shape index (κ1) is 16.4. The smallest absolute Gasteiger partial charge is 0.233 e. The van der Waals surface area contributed by atoms with E-state index in [1.165, 1.54) is 4.90 Å². The van der Waals surface area contributed by atoms with E-state index in [-0.39, 0.29) is 36.0 Å². The molecule has 24 heavy (non-hydrogen) atoms. The zero-order chi connectivity index (χ0) is 17.1. The highest BCUT2D eigenvalue weighted by atomic mass is 16.2. The Hall–Kier alpha value is -2.50. The molecule has 1 aliphatic heterocycles. The molecule has 0 bridgehead atoms. The number of carbonyl (C=O) groups excluding carboxylic acids is 3. The number of fused-ring (bicyclic) bond motifs is 1. The molecule has 2 heterocycles. The van der Waals surface area contributed by atoms with Crippen molar-refractivity contribution in [2.24, 2.45) is 11.8 Å². The summed E-state index contributed by atoms with van der Waals surface area (Å²) < 4.78 is 0. The summed E-state index contributed by atoms with van der Waals surface area (Å²) in [6.07, 6.45) is 5.94. The number of allylic oxidation sites excluding steroid dienone is 2. The number of hydrogen-bond acceptors (Lipinski definition) is 4. The molecule has 1 fully saturated rings. The van der Waals surface area contributed by atoms with E-state index in [0.717, 1.165) is 5.69 Å². The fourth-order valence-corrected chi connectivity index (χ4v) is 3.31. The normalized spacial score (nSPS) is 22.6. The molecule has 1 aromatic heterocycles. The largest absolute Gasteiger partial charge is 0.311 e. The number of aromatic nitrogens is 1. The van der Waals surface area contributed by atoms with E-state index in [1.807, 2.05) is 31.2 Å². The van der Waals surface area contributed by atoms with Crippen LogP contribution in [0.15, 0.2) is 30.4 Å². The number of nitrogens with one attached hydrogen (secondary N) is 1. The molecule has 6 heteroatoms. The van der Waals surface area contributed by atoms with Gasteiger partial charge in [-0.1, -0.05) is 18.2 Å². The highest BCUT2D eigenvalue weighted by molar-refractivity contribution is 6.05. The predicted octanol–water partition coefficient (Wildman–Crippen LogP) is 2.06. The van der Waals surface area contributed by atoms with Crippen molar-refractivity contribution in [2.75, 3.05) is 11.9 Å². The van der Waals surface area contributed by atoms with Gasteiger partial charge in [-0.15, -0.1) is 0 Å². The number of amides is 3. The number of imide groups is 1. The number of aryl methyl sites for hydroxylation is 1. The van der Waals surface area contributed by atoms with Crippen LogP contribution in [0.1, 0.15) is 31.4 Å². The van der Waals surface area contributed by atoms with Gasteiger partial charge in [-0.25, -0.2) is 4.98 Å². The summed E-state index contributed by atoms with van der Waals surface area (Å²) in [6, 6.07) is 5.42. The molecule has 3 amide bonds. The second-order valence-electron chi connectivity index (χ2n) is 6.30. The maximum absolute atomic E-state index is 12.3. The average molecular weight is 327 g/mol. The fraction of sp³-hybridized carbons (Fsp3) is 0.444. The molecule has 0 spiro atoms. The van der Waals surface area contributed by atoms with E-state index in [4.69, 9.17) is 0 Å². The Labute approximate surface area is 140 Å². The van der Waals surface area contributed by atoms with Crippen molar-refractivity contribution < 1.29 is 14.4 Å². The van der Waals surface area contributed by atoms with Crippen LogP contribution < -0.4 is 5.32 Å². The Morgan fingerprint density at radius 1 is 1.21 bits per heavy atom. The third kappa shape index (κ3) is 3.37. The number of carbonyl (C=O) groups is 3. The van der Waals surface area contributed by atoms with Gasteiger partial charge >= 0.3 is 0 Å². The lowest BCUT2D eigenvalue weighted by atomic mass is 9.85. The van der Waals surface area contributed by atoms with E-state index < -0.39 is 0 Å². The second kappa shape index (κ2) is 6.95. The molecular formula is C18H21N3O3. The lowest BCUT2D eigenvalue weighted by molar-refractivity contribution is -0.140. The number of hydrogen-bond donors (Lipinski definition) is 1. The molecule has 2 atom stereocenters. The maximum atomic E-state index is 12.3. The molecule has 0 saturated carbocycles. The van der Waals surface area contributed by atoms with Gasteiger partial charge in [-0.2, -0.15) is 0 Å². The Morgan fingerprint density at radius 2 is 1.88 bits per heavy atom. The van der Waals surface area contributed by atoms with Crippen LogP contribution in [0.2, 0.25) is 0 Å². The summed E-state index contributed by atoms with van der Waals surface area (Å²) >= 11 is 0. The van der Waals surface area contributed by atoms with Crippen LogP contribution in [0.25, 0.3) is 0 Å². The maximum Gasteiger partial charge on any atom is 0.233 e. The minimum absolute atomic E-state index is 0.0879. The van der Waals surface area contributed by atoms with Gasteiger partial charge in [0.15, 0.2) is 0 Å². The van der Waals surface area contributed by atoms with Crippen LogP contribution in [-0.2, 0) is 14.4 Å². The minimum Gasteiger partial charge on any atom is -0.311 e. The number of pyridine rings is 1. The van der Waals surface area contributed by atoms with Crippen molar-refractivity contribution >= 4 is 23.5 Å². The third-order valence-electron chi connectivity index (χ3n) is 4.54. The molecule has 1 aromatic rings. The molecule has 3 rings (SSSR count). The van der Waals surface area contributed by atoms with Gasteiger partial charge in [0.05, 0.1) is 11.8 Å². The molecule has 0 unspecified atom stereocenters. The van der Waals surface area contributed by atoms with Crippen molar-refractivity contribution in [3.63, 3.8) is 0 Å². The van der Waals surface area contributed by atoms with Gasteiger partial charge in [0.1, 0.15) is 5.82 Å². The van der Waals surface area contributed by atoms with Gasteiger partial charge in [0, 0.05) is 18.7 Å². The summed E-state index contributed by atoms with van der Waals surface area (Å²) in [4.78, 5) is 42.1. The van der Waals surface area contributed by atoms with Gasteiger partial charge in [-0.3, -0.25) is 19.3 Å². The standard InChI is InChI=1S/C18H21N3O3/c1-12-6-4-9-15(19-12)20-16(22)10-5-11-21-17(23)13-7-2-3-8-14(13)18(21)24/h2-4,6,9,13-14H,5,7-8,10-11H2,1H3,(H,19,20,22)/t13-,14+. The van der Waals surface area contributed by atoms with Crippen molar-refractivity contribution in [3.8, 4) is 0 Å². The van der Waals surface area contributed by atoms with Crippen LogP contribution in [0, 0.1) is 18.8 Å². The van der Waals surface area contributed by atoms with Crippen molar-refractivity contribution in [1.82, 2.24) is 9.88 Å². The lowest BCUT2D eigenvalue weighted by Gasteiger charge is -2.14. The van der Waals surface area contributed by atoms with Crippen molar-refractivity contribution in [3.05, 3.63) is 36.0 Å². The SMILES string of the molecule is Cc1cccc(NC(=O)CCCN2C(=O)[C@H]3CC=CC[C@H]3C2=O)n1. The topological polar surface area (TPSA) is 79.4 Å². The highest BCUT2D eigenvalue weighted by Gasteiger charge is 2.46. The molecule has 1 saturated heterocycles. The average Bonchev–Trinajstić information content (AvgIpc) is 2.80. The Kier molecular flexibility index (Phi) is 4.74. The van der Waals surface area contributed by atoms with Crippen LogP contribution in [-0.4, -0.2) is 34.2 Å². The Bertz CT molecular complexity index is 673. The molecule has 0 radical (unpaired) electrons.